The molecule has 2 N–H and O–H groups in total. The number of aliphatic imine (C=N–C) groups is 1. The first-order valence-electron chi connectivity index (χ1n) is 8.85. The summed E-state index contributed by atoms with van der Waals surface area (Å²) >= 11 is 0. The van der Waals surface area contributed by atoms with E-state index in [1.54, 1.807) is 13.1 Å². The topological polar surface area (TPSA) is 62.5 Å². The van der Waals surface area contributed by atoms with Gasteiger partial charge >= 0.3 is 0 Å². The third-order valence-corrected chi connectivity index (χ3v) is 4.35. The van der Waals surface area contributed by atoms with E-state index in [0.29, 0.717) is 19.0 Å². The zero-order chi connectivity index (χ0) is 19.1. The normalized spacial score (nSPS) is 12.9. The molecule has 0 fully saturated rings. The second-order valence-electron chi connectivity index (χ2n) is 6.12. The van der Waals surface area contributed by atoms with E-state index in [1.807, 2.05) is 20.8 Å². The number of hydrogen-bond donors (Lipinski definition) is 2. The number of aryl methyl sites for hydroxylation is 2. The number of benzene rings is 1. The van der Waals surface area contributed by atoms with Crippen molar-refractivity contribution in [1.29, 1.82) is 0 Å². The molecule has 0 saturated carbocycles. The highest BCUT2D eigenvalue weighted by molar-refractivity contribution is 5.79. The summed E-state index contributed by atoms with van der Waals surface area (Å²) in [5.41, 5.74) is 2.74. The number of nitrogens with zero attached hydrogens (tertiary/aromatic N) is 2. The van der Waals surface area contributed by atoms with Gasteiger partial charge in [-0.25, -0.2) is 8.78 Å². The maximum atomic E-state index is 13.4. The summed E-state index contributed by atoms with van der Waals surface area (Å²) in [6, 6.07) is 3.98. The smallest absolute Gasteiger partial charge is 0.191 e. The van der Waals surface area contributed by atoms with Gasteiger partial charge in [-0.2, -0.15) is 0 Å². The summed E-state index contributed by atoms with van der Waals surface area (Å²) in [6.45, 7) is 7.11. The van der Waals surface area contributed by atoms with Crippen molar-refractivity contribution in [3.8, 4) is 0 Å². The highest BCUT2D eigenvalue weighted by atomic mass is 19.2. The van der Waals surface area contributed by atoms with Crippen molar-refractivity contribution in [2.45, 2.75) is 46.1 Å². The van der Waals surface area contributed by atoms with Crippen LogP contribution in [0.3, 0.4) is 0 Å². The van der Waals surface area contributed by atoms with Gasteiger partial charge in [-0.3, -0.25) is 4.99 Å². The monoisotopic (exact) mass is 364 g/mol. The Kier molecular flexibility index (Phi) is 7.12. The first-order valence-corrected chi connectivity index (χ1v) is 8.85. The predicted octanol–water partition coefficient (Wildman–Crippen LogP) is 3.55. The lowest BCUT2D eigenvalue weighted by Crippen LogP contribution is -2.38. The molecule has 0 aliphatic carbocycles. The SMILES string of the molecule is CCc1noc(CC)c1CNC(=NC)NCC(C)c1ccc(F)c(F)c1. The Labute approximate surface area is 152 Å². The van der Waals surface area contributed by atoms with Crippen LogP contribution in [0.2, 0.25) is 0 Å². The van der Waals surface area contributed by atoms with Crippen LogP contribution in [0.15, 0.2) is 27.7 Å². The molecule has 2 rings (SSSR count). The minimum atomic E-state index is -0.835. The van der Waals surface area contributed by atoms with Gasteiger partial charge in [-0.05, 0) is 30.0 Å². The van der Waals surface area contributed by atoms with Crippen molar-refractivity contribution in [3.05, 3.63) is 52.4 Å². The molecule has 0 amide bonds. The van der Waals surface area contributed by atoms with Gasteiger partial charge in [0.1, 0.15) is 5.76 Å². The van der Waals surface area contributed by atoms with Crippen LogP contribution in [0.4, 0.5) is 8.78 Å². The average molecular weight is 364 g/mol. The van der Waals surface area contributed by atoms with E-state index in [2.05, 4.69) is 20.8 Å². The number of aromatic nitrogens is 1. The highest BCUT2D eigenvalue weighted by Gasteiger charge is 2.14. The van der Waals surface area contributed by atoms with E-state index in [1.165, 1.54) is 6.07 Å². The molecule has 1 aromatic heterocycles. The van der Waals surface area contributed by atoms with E-state index in [9.17, 15) is 8.78 Å². The van der Waals surface area contributed by atoms with Crippen molar-refractivity contribution in [2.75, 3.05) is 13.6 Å². The largest absolute Gasteiger partial charge is 0.361 e. The molecular formula is C19H26F2N4O. The molecule has 7 heteroatoms. The van der Waals surface area contributed by atoms with Crippen molar-refractivity contribution >= 4 is 5.96 Å². The maximum absolute atomic E-state index is 13.4. The van der Waals surface area contributed by atoms with Crippen LogP contribution in [-0.2, 0) is 19.4 Å². The standard InChI is InChI=1S/C19H26F2N4O/c1-5-17-14(18(6-2)26-25-17)11-24-19(22-4)23-10-12(3)13-7-8-15(20)16(21)9-13/h7-9,12H,5-6,10-11H2,1-4H3,(H2,22,23,24). The van der Waals surface area contributed by atoms with Crippen LogP contribution in [0.1, 0.15) is 49.3 Å². The van der Waals surface area contributed by atoms with E-state index in [4.69, 9.17) is 4.52 Å². The summed E-state index contributed by atoms with van der Waals surface area (Å²) in [6.07, 6.45) is 1.59. The molecular weight excluding hydrogens is 338 g/mol. The van der Waals surface area contributed by atoms with Crippen LogP contribution in [0.25, 0.3) is 0 Å². The molecule has 0 aliphatic rings. The summed E-state index contributed by atoms with van der Waals surface area (Å²) in [7, 11) is 1.69. The van der Waals surface area contributed by atoms with Crippen LogP contribution in [0, 0.1) is 11.6 Å². The second kappa shape index (κ2) is 9.31. The summed E-state index contributed by atoms with van der Waals surface area (Å²) in [5, 5.41) is 10.6. The summed E-state index contributed by atoms with van der Waals surface area (Å²) < 4.78 is 31.8. The number of nitrogens with one attached hydrogen (secondary N) is 2. The molecule has 2 aromatic rings. The highest BCUT2D eigenvalue weighted by Crippen LogP contribution is 2.18. The lowest BCUT2D eigenvalue weighted by Gasteiger charge is -2.16. The van der Waals surface area contributed by atoms with E-state index in [-0.39, 0.29) is 5.92 Å². The van der Waals surface area contributed by atoms with E-state index < -0.39 is 11.6 Å². The van der Waals surface area contributed by atoms with E-state index in [0.717, 1.165) is 41.5 Å². The number of guanidine groups is 1. The molecule has 1 unspecified atom stereocenters. The van der Waals surface area contributed by atoms with Crippen LogP contribution < -0.4 is 10.6 Å². The molecule has 142 valence electrons. The number of halogens is 2. The van der Waals surface area contributed by atoms with Crippen LogP contribution in [0.5, 0.6) is 0 Å². The first kappa shape index (κ1) is 19.9. The van der Waals surface area contributed by atoms with Crippen molar-refractivity contribution in [2.24, 2.45) is 4.99 Å². The van der Waals surface area contributed by atoms with Crippen LogP contribution >= 0.6 is 0 Å². The van der Waals surface area contributed by atoms with Gasteiger partial charge in [-0.15, -0.1) is 0 Å². The van der Waals surface area contributed by atoms with Gasteiger partial charge in [0.05, 0.1) is 5.69 Å². The van der Waals surface area contributed by atoms with Gasteiger partial charge in [0.25, 0.3) is 0 Å². The molecule has 0 saturated heterocycles. The summed E-state index contributed by atoms with van der Waals surface area (Å²) in [4.78, 5) is 4.21. The minimum Gasteiger partial charge on any atom is -0.361 e. The van der Waals surface area contributed by atoms with Gasteiger partial charge < -0.3 is 15.2 Å². The number of hydrogen-bond acceptors (Lipinski definition) is 3. The minimum absolute atomic E-state index is 0.00310. The molecule has 1 heterocycles. The molecule has 26 heavy (non-hydrogen) atoms. The van der Waals surface area contributed by atoms with Gasteiger partial charge in [0, 0.05) is 32.1 Å². The fourth-order valence-corrected chi connectivity index (χ4v) is 2.72. The summed E-state index contributed by atoms with van der Waals surface area (Å²) in [5.74, 6) is -0.164. The Bertz CT molecular complexity index is 736. The van der Waals surface area contributed by atoms with Crippen molar-refractivity contribution in [3.63, 3.8) is 0 Å². The third-order valence-electron chi connectivity index (χ3n) is 4.35. The molecule has 1 aromatic carbocycles. The van der Waals surface area contributed by atoms with Crippen molar-refractivity contribution < 1.29 is 13.3 Å². The zero-order valence-corrected chi connectivity index (χ0v) is 15.7. The molecule has 0 bridgehead atoms. The Hall–Kier alpha value is -2.44. The van der Waals surface area contributed by atoms with Gasteiger partial charge in [0.15, 0.2) is 17.6 Å². The maximum Gasteiger partial charge on any atom is 0.191 e. The third kappa shape index (κ3) is 4.80. The second-order valence-corrected chi connectivity index (χ2v) is 6.12. The fourth-order valence-electron chi connectivity index (χ4n) is 2.72. The predicted molar refractivity (Wildman–Crippen MR) is 98.2 cm³/mol. The Morgan fingerprint density at radius 3 is 2.58 bits per heavy atom. The van der Waals surface area contributed by atoms with E-state index >= 15 is 0 Å². The number of rotatable bonds is 7. The lowest BCUT2D eigenvalue weighted by atomic mass is 10.0. The molecule has 1 atom stereocenters. The average Bonchev–Trinajstić information content (AvgIpc) is 3.05. The van der Waals surface area contributed by atoms with Gasteiger partial charge in [-0.1, -0.05) is 32.0 Å². The Morgan fingerprint density at radius 1 is 1.19 bits per heavy atom. The Balaban J connectivity index is 1.93. The molecule has 0 spiro atoms. The molecule has 5 nitrogen and oxygen atoms in total. The zero-order valence-electron chi connectivity index (χ0n) is 15.7. The lowest BCUT2D eigenvalue weighted by molar-refractivity contribution is 0.380. The van der Waals surface area contributed by atoms with Gasteiger partial charge in [0.2, 0.25) is 0 Å². The van der Waals surface area contributed by atoms with Crippen LogP contribution in [-0.4, -0.2) is 24.7 Å². The fraction of sp³-hybridized carbons (Fsp3) is 0.474. The first-order chi connectivity index (χ1) is 12.5. The quantitative estimate of drug-likeness (QED) is 0.583. The Morgan fingerprint density at radius 2 is 1.96 bits per heavy atom. The molecule has 0 radical (unpaired) electrons. The van der Waals surface area contributed by atoms with Crippen molar-refractivity contribution in [1.82, 2.24) is 15.8 Å². The molecule has 0 aliphatic heterocycles.